The Kier molecular flexibility index (Phi) is 4.51. The van der Waals surface area contributed by atoms with Gasteiger partial charge in [0, 0.05) is 17.7 Å². The lowest BCUT2D eigenvalue weighted by Gasteiger charge is -2.29. The van der Waals surface area contributed by atoms with Crippen molar-refractivity contribution in [2.45, 2.75) is 39.2 Å². The summed E-state index contributed by atoms with van der Waals surface area (Å²) in [6.07, 6.45) is 1.54. The zero-order valence-corrected chi connectivity index (χ0v) is 11.3. The fraction of sp³-hybridized carbons (Fsp3) is 0.500. The topological polar surface area (TPSA) is 55.2 Å². The molecule has 0 spiro atoms. The molecule has 0 aliphatic rings. The van der Waals surface area contributed by atoms with Crippen LogP contribution >= 0.6 is 11.6 Å². The van der Waals surface area contributed by atoms with Gasteiger partial charge in [0.05, 0.1) is 9.95 Å². The predicted octanol–water partition coefficient (Wildman–Crippen LogP) is 4.38. The second kappa shape index (κ2) is 5.52. The quantitative estimate of drug-likeness (QED) is 0.640. The first-order valence-electron chi connectivity index (χ1n) is 5.74. The molecular formula is C12H16ClFN2O2. The molecule has 0 aliphatic carbocycles. The molecular weight excluding hydrogens is 259 g/mol. The number of nitro groups is 1. The maximum absolute atomic E-state index is 13.4. The number of hydrogen-bond acceptors (Lipinski definition) is 3. The zero-order chi connectivity index (χ0) is 13.9. The zero-order valence-electron chi connectivity index (χ0n) is 10.6. The van der Waals surface area contributed by atoms with Crippen LogP contribution in [0, 0.1) is 15.9 Å². The highest BCUT2D eigenvalue weighted by molar-refractivity contribution is 6.31. The molecule has 0 saturated heterocycles. The van der Waals surface area contributed by atoms with Crippen LogP contribution in [-0.4, -0.2) is 10.5 Å². The molecule has 0 bridgehead atoms. The third-order valence-corrected chi connectivity index (χ3v) is 3.52. The van der Waals surface area contributed by atoms with Gasteiger partial charge in [-0.25, -0.2) is 4.39 Å². The highest BCUT2D eigenvalue weighted by Crippen LogP contribution is 2.33. The largest absolute Gasteiger partial charge is 0.374 e. The fourth-order valence-electron chi connectivity index (χ4n) is 1.54. The predicted molar refractivity (Wildman–Crippen MR) is 70.7 cm³/mol. The van der Waals surface area contributed by atoms with Gasteiger partial charge in [-0.1, -0.05) is 25.4 Å². The van der Waals surface area contributed by atoms with E-state index >= 15 is 0 Å². The van der Waals surface area contributed by atoms with E-state index in [2.05, 4.69) is 5.32 Å². The van der Waals surface area contributed by atoms with Crippen molar-refractivity contribution in [2.24, 2.45) is 0 Å². The van der Waals surface area contributed by atoms with Crippen molar-refractivity contribution < 1.29 is 9.31 Å². The molecule has 1 N–H and O–H groups in total. The van der Waals surface area contributed by atoms with Gasteiger partial charge in [0.2, 0.25) is 0 Å². The van der Waals surface area contributed by atoms with E-state index in [4.69, 9.17) is 11.6 Å². The monoisotopic (exact) mass is 274 g/mol. The first-order valence-corrected chi connectivity index (χ1v) is 6.12. The number of halogens is 2. The van der Waals surface area contributed by atoms with Crippen molar-refractivity contribution in [2.75, 3.05) is 5.32 Å². The second-order valence-corrected chi connectivity index (χ2v) is 4.84. The van der Waals surface area contributed by atoms with Crippen LogP contribution < -0.4 is 5.32 Å². The number of anilines is 1. The molecule has 0 fully saturated rings. The fourth-order valence-corrected chi connectivity index (χ4v) is 1.70. The molecule has 0 aromatic heterocycles. The summed E-state index contributed by atoms with van der Waals surface area (Å²) in [5.41, 5.74) is -0.368. The minimum Gasteiger partial charge on any atom is -0.374 e. The lowest BCUT2D eigenvalue weighted by atomic mass is 9.95. The van der Waals surface area contributed by atoms with Crippen LogP contribution in [0.15, 0.2) is 12.1 Å². The van der Waals surface area contributed by atoms with Crippen LogP contribution in [0.25, 0.3) is 0 Å². The van der Waals surface area contributed by atoms with Gasteiger partial charge in [-0.2, -0.15) is 0 Å². The first-order chi connectivity index (χ1) is 8.33. The molecule has 6 heteroatoms. The summed E-state index contributed by atoms with van der Waals surface area (Å²) >= 11 is 5.56. The van der Waals surface area contributed by atoms with Crippen LogP contribution in [-0.2, 0) is 0 Å². The van der Waals surface area contributed by atoms with E-state index in [-0.39, 0.29) is 21.9 Å². The summed E-state index contributed by atoms with van der Waals surface area (Å²) in [6, 6.07) is 2.11. The Balaban J connectivity index is 3.22. The molecule has 0 atom stereocenters. The Morgan fingerprint density at radius 3 is 2.44 bits per heavy atom. The minimum absolute atomic E-state index is 0.160. The van der Waals surface area contributed by atoms with Crippen LogP contribution in [0.2, 0.25) is 5.02 Å². The lowest BCUT2D eigenvalue weighted by molar-refractivity contribution is -0.384. The molecule has 0 aliphatic heterocycles. The molecule has 1 aromatic carbocycles. The van der Waals surface area contributed by atoms with Gasteiger partial charge in [0.25, 0.3) is 5.69 Å². The molecule has 100 valence electrons. The number of nitrogens with one attached hydrogen (secondary N) is 1. The average molecular weight is 275 g/mol. The van der Waals surface area contributed by atoms with E-state index in [9.17, 15) is 14.5 Å². The molecule has 0 radical (unpaired) electrons. The highest BCUT2D eigenvalue weighted by atomic mass is 35.5. The van der Waals surface area contributed by atoms with Gasteiger partial charge in [0.15, 0.2) is 0 Å². The van der Waals surface area contributed by atoms with Gasteiger partial charge in [-0.3, -0.25) is 10.1 Å². The summed E-state index contributed by atoms with van der Waals surface area (Å²) in [6.45, 7) is 5.87. The lowest BCUT2D eigenvalue weighted by Crippen LogP contribution is -2.33. The maximum Gasteiger partial charge on any atom is 0.294 e. The van der Waals surface area contributed by atoms with Gasteiger partial charge >= 0.3 is 0 Å². The summed E-state index contributed by atoms with van der Waals surface area (Å²) in [7, 11) is 0. The Bertz CT molecular complexity index is 462. The smallest absolute Gasteiger partial charge is 0.294 e. The standard InChI is InChI=1S/C12H16ClFN2O2/c1-4-12(3,5-2)15-10-7-9(14)8(13)6-11(10)16(17)18/h6-7,15H,4-5H2,1-3H3. The third-order valence-electron chi connectivity index (χ3n) is 3.23. The Hall–Kier alpha value is -1.36. The summed E-state index contributed by atoms with van der Waals surface area (Å²) < 4.78 is 13.4. The van der Waals surface area contributed by atoms with E-state index in [1.807, 2.05) is 20.8 Å². The minimum atomic E-state index is -0.667. The van der Waals surface area contributed by atoms with E-state index in [1.165, 1.54) is 0 Å². The molecule has 18 heavy (non-hydrogen) atoms. The maximum atomic E-state index is 13.4. The molecule has 0 unspecified atom stereocenters. The van der Waals surface area contributed by atoms with Gasteiger partial charge in [-0.15, -0.1) is 0 Å². The molecule has 4 nitrogen and oxygen atoms in total. The summed E-state index contributed by atoms with van der Waals surface area (Å²) in [5, 5.41) is 13.7. The number of rotatable bonds is 5. The average Bonchev–Trinajstić information content (AvgIpc) is 2.33. The molecule has 1 rings (SSSR count). The normalized spacial score (nSPS) is 11.4. The Morgan fingerprint density at radius 2 is 2.00 bits per heavy atom. The third kappa shape index (κ3) is 3.10. The second-order valence-electron chi connectivity index (χ2n) is 4.43. The summed E-state index contributed by atoms with van der Waals surface area (Å²) in [4.78, 5) is 10.4. The van der Waals surface area contributed by atoms with Gasteiger partial charge in [0.1, 0.15) is 11.5 Å². The van der Waals surface area contributed by atoms with Crippen molar-refractivity contribution in [3.05, 3.63) is 33.1 Å². The number of nitro benzene ring substituents is 1. The highest BCUT2D eigenvalue weighted by Gasteiger charge is 2.25. The number of hydrogen-bond donors (Lipinski definition) is 1. The van der Waals surface area contributed by atoms with Crippen molar-refractivity contribution in [3.8, 4) is 0 Å². The first kappa shape index (κ1) is 14.7. The van der Waals surface area contributed by atoms with Gasteiger partial charge in [-0.05, 0) is 19.8 Å². The van der Waals surface area contributed by atoms with E-state index in [0.717, 1.165) is 25.0 Å². The van der Waals surface area contributed by atoms with Crippen molar-refractivity contribution in [1.82, 2.24) is 0 Å². The van der Waals surface area contributed by atoms with Crippen molar-refractivity contribution in [1.29, 1.82) is 0 Å². The summed E-state index contributed by atoms with van der Waals surface area (Å²) in [5.74, 6) is -0.667. The van der Waals surface area contributed by atoms with Crippen molar-refractivity contribution >= 4 is 23.0 Å². The Labute approximate surface area is 110 Å². The van der Waals surface area contributed by atoms with Gasteiger partial charge < -0.3 is 5.32 Å². The number of benzene rings is 1. The van der Waals surface area contributed by atoms with E-state index < -0.39 is 10.7 Å². The molecule has 0 saturated carbocycles. The molecule has 0 heterocycles. The Morgan fingerprint density at radius 1 is 1.44 bits per heavy atom. The van der Waals surface area contributed by atoms with Crippen LogP contribution in [0.1, 0.15) is 33.6 Å². The molecule has 0 amide bonds. The molecule has 1 aromatic rings. The SMILES string of the molecule is CCC(C)(CC)Nc1cc(F)c(Cl)cc1[N+](=O)[O-]. The van der Waals surface area contributed by atoms with E-state index in [1.54, 1.807) is 0 Å². The van der Waals surface area contributed by atoms with Crippen LogP contribution in [0.4, 0.5) is 15.8 Å². The van der Waals surface area contributed by atoms with Crippen LogP contribution in [0.3, 0.4) is 0 Å². The van der Waals surface area contributed by atoms with Crippen molar-refractivity contribution in [3.63, 3.8) is 0 Å². The van der Waals surface area contributed by atoms with E-state index in [0.29, 0.717) is 0 Å². The van der Waals surface area contributed by atoms with Crippen LogP contribution in [0.5, 0.6) is 0 Å². The number of nitrogens with zero attached hydrogens (tertiary/aromatic N) is 1.